The van der Waals surface area contributed by atoms with Crippen LogP contribution in [0.2, 0.25) is 0 Å². The summed E-state index contributed by atoms with van der Waals surface area (Å²) in [6.07, 6.45) is 0.495. The largest absolute Gasteiger partial charge is 0.496 e. The van der Waals surface area contributed by atoms with Crippen LogP contribution in [0, 0.1) is 0 Å². The Morgan fingerprint density at radius 3 is 2.48 bits per heavy atom. The predicted octanol–water partition coefficient (Wildman–Crippen LogP) is 2.73. The van der Waals surface area contributed by atoms with Crippen LogP contribution >= 0.6 is 44.1 Å². The fraction of sp³-hybridized carbons (Fsp3) is 0.385. The molecule has 2 N–H and O–H groups in total. The summed E-state index contributed by atoms with van der Waals surface area (Å²) in [5.41, 5.74) is 5.41. The number of hydrogen-bond acceptors (Lipinski definition) is 4. The van der Waals surface area contributed by atoms with Crippen LogP contribution in [0.4, 0.5) is 0 Å². The quantitative estimate of drug-likeness (QED) is 0.661. The molecule has 0 bridgehead atoms. The number of halogens is 2. The average molecular weight is 440 g/mol. The van der Waals surface area contributed by atoms with Gasteiger partial charge in [-0.3, -0.25) is 4.79 Å². The second-order valence-corrected chi connectivity index (χ2v) is 6.47. The molecule has 0 heterocycles. The lowest BCUT2D eigenvalue weighted by molar-refractivity contribution is -0.131. The molecule has 21 heavy (non-hydrogen) atoms. The molecule has 0 spiro atoms. The maximum absolute atomic E-state index is 11.9. The Bertz CT molecular complexity index is 540. The molecular weight excluding hydrogens is 424 g/mol. The molecule has 0 fully saturated rings. The van der Waals surface area contributed by atoms with Crippen LogP contribution in [0.1, 0.15) is 6.42 Å². The van der Waals surface area contributed by atoms with Crippen LogP contribution in [-0.4, -0.2) is 43.1 Å². The summed E-state index contributed by atoms with van der Waals surface area (Å²) in [4.78, 5) is 13.8. The fourth-order valence-corrected chi connectivity index (χ4v) is 2.44. The lowest BCUT2D eigenvalue weighted by Gasteiger charge is -2.17. The molecule has 0 atom stereocenters. The Morgan fingerprint density at radius 1 is 1.33 bits per heavy atom. The van der Waals surface area contributed by atoms with E-state index in [9.17, 15) is 4.79 Å². The maximum atomic E-state index is 11.9. The van der Waals surface area contributed by atoms with E-state index in [1.54, 1.807) is 26.3 Å². The summed E-state index contributed by atoms with van der Waals surface area (Å²) in [5.74, 6) is 1.08. The third kappa shape index (κ3) is 5.80. The maximum Gasteiger partial charge on any atom is 0.260 e. The third-order valence-corrected chi connectivity index (χ3v) is 4.12. The first-order chi connectivity index (χ1) is 9.85. The molecule has 1 aromatic rings. The van der Waals surface area contributed by atoms with E-state index in [1.807, 2.05) is 0 Å². The van der Waals surface area contributed by atoms with Gasteiger partial charge in [0.2, 0.25) is 0 Å². The number of carbonyl (C=O) groups excluding carboxylic acids is 1. The zero-order valence-corrected chi connectivity index (χ0v) is 15.7. The van der Waals surface area contributed by atoms with E-state index in [-0.39, 0.29) is 12.5 Å². The van der Waals surface area contributed by atoms with Crippen LogP contribution in [0.15, 0.2) is 21.1 Å². The molecule has 0 aromatic heterocycles. The number of nitrogens with two attached hydrogens (primary N) is 1. The van der Waals surface area contributed by atoms with Crippen LogP contribution in [0.5, 0.6) is 11.5 Å². The van der Waals surface area contributed by atoms with E-state index >= 15 is 0 Å². The van der Waals surface area contributed by atoms with Crippen LogP contribution < -0.4 is 15.2 Å². The van der Waals surface area contributed by atoms with Crippen molar-refractivity contribution in [2.45, 2.75) is 6.42 Å². The number of methoxy groups -OCH3 is 1. The van der Waals surface area contributed by atoms with Crippen molar-refractivity contribution >= 4 is 55.0 Å². The summed E-state index contributed by atoms with van der Waals surface area (Å²) < 4.78 is 12.1. The van der Waals surface area contributed by atoms with Crippen molar-refractivity contribution in [1.82, 2.24) is 4.90 Å². The Morgan fingerprint density at radius 2 is 1.90 bits per heavy atom. The first kappa shape index (κ1) is 18.2. The zero-order chi connectivity index (χ0) is 16.0. The van der Waals surface area contributed by atoms with Crippen molar-refractivity contribution in [2.24, 2.45) is 5.73 Å². The molecule has 1 aromatic carbocycles. The number of likely N-dealkylation sites (N-methyl/N-ethyl adjacent to an activating group) is 1. The molecule has 0 radical (unpaired) electrons. The van der Waals surface area contributed by atoms with Gasteiger partial charge in [-0.05, 0) is 44.0 Å². The topological polar surface area (TPSA) is 64.8 Å². The molecule has 1 amide bonds. The Balaban J connectivity index is 2.60. The van der Waals surface area contributed by atoms with Crippen LogP contribution in [-0.2, 0) is 4.79 Å². The number of hydrogen-bond donors (Lipinski definition) is 1. The summed E-state index contributed by atoms with van der Waals surface area (Å²) >= 11 is 11.5. The smallest absolute Gasteiger partial charge is 0.260 e. The molecule has 5 nitrogen and oxygen atoms in total. The summed E-state index contributed by atoms with van der Waals surface area (Å²) in [6, 6.07) is 3.51. The Kier molecular flexibility index (Phi) is 7.41. The Labute approximate surface area is 146 Å². The van der Waals surface area contributed by atoms with Gasteiger partial charge in [-0.1, -0.05) is 12.2 Å². The molecule has 8 heteroatoms. The fourth-order valence-electron chi connectivity index (χ4n) is 1.43. The average Bonchev–Trinajstić information content (AvgIpc) is 2.44. The molecule has 0 unspecified atom stereocenters. The highest BCUT2D eigenvalue weighted by Crippen LogP contribution is 2.35. The van der Waals surface area contributed by atoms with Gasteiger partial charge in [-0.25, -0.2) is 0 Å². The molecule has 0 saturated carbocycles. The van der Waals surface area contributed by atoms with Crippen molar-refractivity contribution in [1.29, 1.82) is 0 Å². The number of nitrogens with zero attached hydrogens (tertiary/aromatic N) is 1. The molecule has 0 aliphatic heterocycles. The molecule has 116 valence electrons. The van der Waals surface area contributed by atoms with Crippen molar-refractivity contribution in [3.8, 4) is 11.5 Å². The van der Waals surface area contributed by atoms with Crippen molar-refractivity contribution in [2.75, 3.05) is 27.3 Å². The van der Waals surface area contributed by atoms with E-state index in [0.29, 0.717) is 33.9 Å². The van der Waals surface area contributed by atoms with E-state index in [2.05, 4.69) is 31.9 Å². The molecule has 0 saturated heterocycles. The Hall–Kier alpha value is -0.860. The van der Waals surface area contributed by atoms with Crippen LogP contribution in [0.3, 0.4) is 0 Å². The van der Waals surface area contributed by atoms with Gasteiger partial charge < -0.3 is 20.1 Å². The number of rotatable bonds is 7. The number of benzene rings is 1. The molecule has 0 aliphatic rings. The third-order valence-electron chi connectivity index (χ3n) is 2.68. The minimum absolute atomic E-state index is 0.0643. The van der Waals surface area contributed by atoms with Crippen molar-refractivity contribution in [3.63, 3.8) is 0 Å². The number of amides is 1. The highest BCUT2D eigenvalue weighted by Gasteiger charge is 2.13. The van der Waals surface area contributed by atoms with Crippen LogP contribution in [0.25, 0.3) is 0 Å². The first-order valence-electron chi connectivity index (χ1n) is 6.03. The van der Waals surface area contributed by atoms with Gasteiger partial charge in [0.05, 0.1) is 21.0 Å². The molecule has 0 aliphatic carbocycles. The lowest BCUT2D eigenvalue weighted by Crippen LogP contribution is -2.33. The summed E-state index contributed by atoms with van der Waals surface area (Å²) in [6.45, 7) is 0.413. The summed E-state index contributed by atoms with van der Waals surface area (Å²) in [5, 5.41) is 0. The minimum Gasteiger partial charge on any atom is -0.496 e. The molecular formula is C13H16Br2N2O3S. The minimum atomic E-state index is -0.148. The monoisotopic (exact) mass is 438 g/mol. The van der Waals surface area contributed by atoms with Gasteiger partial charge in [0.15, 0.2) is 6.61 Å². The number of carbonyl (C=O) groups is 1. The normalized spacial score (nSPS) is 10.1. The number of thiocarbonyl (C=S) groups is 1. The predicted molar refractivity (Wildman–Crippen MR) is 92.9 cm³/mol. The SMILES string of the molecule is COc1cc(Br)c(OCC(=O)N(C)CCC(N)=S)cc1Br. The van der Waals surface area contributed by atoms with E-state index in [1.165, 1.54) is 4.90 Å². The number of ether oxygens (including phenoxy) is 2. The standard InChI is InChI=1S/C13H16Br2N2O3S/c1-17(4-3-12(16)21)13(18)7-20-11-6-8(14)10(19-2)5-9(11)15/h5-6H,3-4,7H2,1-2H3,(H2,16,21). The second-order valence-electron chi connectivity index (χ2n) is 4.24. The van der Waals surface area contributed by atoms with E-state index in [4.69, 9.17) is 27.4 Å². The van der Waals surface area contributed by atoms with E-state index < -0.39 is 0 Å². The van der Waals surface area contributed by atoms with Crippen molar-refractivity contribution in [3.05, 3.63) is 21.1 Å². The lowest BCUT2D eigenvalue weighted by atomic mass is 10.3. The van der Waals surface area contributed by atoms with Gasteiger partial charge in [0, 0.05) is 20.0 Å². The van der Waals surface area contributed by atoms with Gasteiger partial charge in [0.25, 0.3) is 5.91 Å². The zero-order valence-electron chi connectivity index (χ0n) is 11.7. The highest BCUT2D eigenvalue weighted by molar-refractivity contribution is 9.11. The molecule has 1 rings (SSSR count). The highest BCUT2D eigenvalue weighted by atomic mass is 79.9. The van der Waals surface area contributed by atoms with Gasteiger partial charge in [0.1, 0.15) is 11.5 Å². The van der Waals surface area contributed by atoms with Gasteiger partial charge in [-0.2, -0.15) is 0 Å². The second kappa shape index (κ2) is 8.55. The van der Waals surface area contributed by atoms with Gasteiger partial charge >= 0.3 is 0 Å². The summed E-state index contributed by atoms with van der Waals surface area (Å²) in [7, 11) is 3.26. The first-order valence-corrected chi connectivity index (χ1v) is 8.02. The van der Waals surface area contributed by atoms with Crippen molar-refractivity contribution < 1.29 is 14.3 Å². The van der Waals surface area contributed by atoms with E-state index in [0.717, 1.165) is 4.47 Å². The van der Waals surface area contributed by atoms with Gasteiger partial charge in [-0.15, -0.1) is 0 Å².